The van der Waals surface area contributed by atoms with Crippen LogP contribution in [-0.4, -0.2) is 17.6 Å². The molecular weight excluding hydrogens is 242 g/mol. The number of pyridine rings is 1. The molecule has 19 heavy (non-hydrogen) atoms. The summed E-state index contributed by atoms with van der Waals surface area (Å²) in [5, 5.41) is 0. The Morgan fingerprint density at radius 3 is 2.58 bits per heavy atom. The van der Waals surface area contributed by atoms with E-state index in [1.807, 2.05) is 30.3 Å². The molecule has 0 saturated carbocycles. The largest absolute Gasteiger partial charge is 0.465 e. The summed E-state index contributed by atoms with van der Waals surface area (Å²) in [5.41, 5.74) is 1.26. The fraction of sp³-hybridized carbons (Fsp3) is 0.200. The van der Waals surface area contributed by atoms with Crippen LogP contribution in [0.5, 0.6) is 0 Å². The highest BCUT2D eigenvalue weighted by molar-refractivity contribution is 5.88. The molecule has 0 amide bonds. The lowest BCUT2D eigenvalue weighted by Gasteiger charge is -2.06. The van der Waals surface area contributed by atoms with E-state index in [-0.39, 0.29) is 11.1 Å². The minimum Gasteiger partial charge on any atom is -0.465 e. The van der Waals surface area contributed by atoms with Crippen LogP contribution in [0.4, 0.5) is 0 Å². The van der Waals surface area contributed by atoms with Gasteiger partial charge in [0.2, 0.25) is 0 Å². The third kappa shape index (κ3) is 3.31. The summed E-state index contributed by atoms with van der Waals surface area (Å²) in [6, 6.07) is 12.8. The van der Waals surface area contributed by atoms with Gasteiger partial charge in [0.05, 0.1) is 12.7 Å². The van der Waals surface area contributed by atoms with Crippen LogP contribution in [-0.2, 0) is 17.7 Å². The number of esters is 1. The summed E-state index contributed by atoms with van der Waals surface area (Å²) < 4.78 is 6.16. The van der Waals surface area contributed by atoms with Crippen molar-refractivity contribution in [1.29, 1.82) is 0 Å². The van der Waals surface area contributed by atoms with Gasteiger partial charge in [0.1, 0.15) is 0 Å². The molecule has 1 heterocycles. The Kier molecular flexibility index (Phi) is 4.13. The minimum atomic E-state index is -0.493. The predicted molar refractivity (Wildman–Crippen MR) is 72.2 cm³/mol. The molecule has 2 rings (SSSR count). The zero-order chi connectivity index (χ0) is 13.7. The molecule has 4 nitrogen and oxygen atoms in total. The van der Waals surface area contributed by atoms with Crippen molar-refractivity contribution in [3.63, 3.8) is 0 Å². The molecule has 0 spiro atoms. The molecule has 98 valence electrons. The first-order valence-electron chi connectivity index (χ1n) is 6.03. The standard InChI is InChI=1S/C15H15NO3/c1-19-15(18)13-8-10-16(14(17)11-13)9-7-12-5-3-2-4-6-12/h2-6,8,10-11H,7,9H2,1H3. The normalized spacial score (nSPS) is 10.2. The molecule has 1 aromatic carbocycles. The molecular formula is C15H15NO3. The number of methoxy groups -OCH3 is 1. The van der Waals surface area contributed by atoms with E-state index in [1.54, 1.807) is 16.8 Å². The minimum absolute atomic E-state index is 0.196. The molecule has 0 aliphatic carbocycles. The average Bonchev–Trinajstić information content (AvgIpc) is 2.46. The highest BCUT2D eigenvalue weighted by atomic mass is 16.5. The molecule has 0 aliphatic rings. The van der Waals surface area contributed by atoms with Gasteiger partial charge in [0, 0.05) is 18.8 Å². The van der Waals surface area contributed by atoms with Gasteiger partial charge in [0.15, 0.2) is 0 Å². The Bertz CT molecular complexity index is 617. The zero-order valence-corrected chi connectivity index (χ0v) is 10.7. The SMILES string of the molecule is COC(=O)c1ccn(CCc2ccccc2)c(=O)c1. The fourth-order valence-electron chi connectivity index (χ4n) is 1.83. The van der Waals surface area contributed by atoms with Crippen molar-refractivity contribution in [2.45, 2.75) is 13.0 Å². The molecule has 0 N–H and O–H groups in total. The number of carbonyl (C=O) groups excluding carboxylic acids is 1. The summed E-state index contributed by atoms with van der Waals surface area (Å²) in [5.74, 6) is -0.493. The second-order valence-corrected chi connectivity index (χ2v) is 4.17. The Hall–Kier alpha value is -2.36. The van der Waals surface area contributed by atoms with E-state index < -0.39 is 5.97 Å². The molecule has 0 saturated heterocycles. The summed E-state index contributed by atoms with van der Waals surface area (Å²) in [6.07, 6.45) is 2.40. The van der Waals surface area contributed by atoms with Crippen molar-refractivity contribution in [1.82, 2.24) is 4.57 Å². The third-order valence-corrected chi connectivity index (χ3v) is 2.90. The van der Waals surface area contributed by atoms with Gasteiger partial charge in [-0.25, -0.2) is 4.79 Å². The van der Waals surface area contributed by atoms with Gasteiger partial charge in [0.25, 0.3) is 5.56 Å². The van der Waals surface area contributed by atoms with E-state index in [2.05, 4.69) is 4.74 Å². The van der Waals surface area contributed by atoms with Crippen molar-refractivity contribution in [3.8, 4) is 0 Å². The lowest BCUT2D eigenvalue weighted by molar-refractivity contribution is 0.0600. The number of nitrogens with zero attached hydrogens (tertiary/aromatic N) is 1. The maximum absolute atomic E-state index is 11.8. The second kappa shape index (κ2) is 6.00. The molecule has 0 atom stereocenters. The number of carbonyl (C=O) groups is 1. The van der Waals surface area contributed by atoms with Crippen LogP contribution in [0, 0.1) is 0 Å². The lowest BCUT2D eigenvalue weighted by atomic mass is 10.1. The lowest BCUT2D eigenvalue weighted by Crippen LogP contribution is -2.21. The molecule has 4 heteroatoms. The first kappa shape index (κ1) is 13.1. The van der Waals surface area contributed by atoms with E-state index in [9.17, 15) is 9.59 Å². The Labute approximate surface area is 111 Å². The molecule has 0 bridgehead atoms. The zero-order valence-electron chi connectivity index (χ0n) is 10.7. The number of benzene rings is 1. The van der Waals surface area contributed by atoms with Gasteiger partial charge >= 0.3 is 5.97 Å². The summed E-state index contributed by atoms with van der Waals surface area (Å²) in [6.45, 7) is 0.588. The van der Waals surface area contributed by atoms with E-state index in [1.165, 1.54) is 18.7 Å². The topological polar surface area (TPSA) is 48.3 Å². The van der Waals surface area contributed by atoms with Crippen LogP contribution in [0.1, 0.15) is 15.9 Å². The van der Waals surface area contributed by atoms with Crippen molar-refractivity contribution in [2.24, 2.45) is 0 Å². The van der Waals surface area contributed by atoms with Crippen LogP contribution >= 0.6 is 0 Å². The molecule has 0 unspecified atom stereocenters. The highest BCUT2D eigenvalue weighted by Gasteiger charge is 2.06. The van der Waals surface area contributed by atoms with Gasteiger partial charge < -0.3 is 9.30 Å². The van der Waals surface area contributed by atoms with Crippen molar-refractivity contribution in [2.75, 3.05) is 7.11 Å². The Balaban J connectivity index is 2.10. The maximum atomic E-state index is 11.8. The first-order chi connectivity index (χ1) is 9.20. The van der Waals surface area contributed by atoms with E-state index in [0.29, 0.717) is 6.54 Å². The second-order valence-electron chi connectivity index (χ2n) is 4.17. The number of aromatic nitrogens is 1. The van der Waals surface area contributed by atoms with E-state index in [4.69, 9.17) is 0 Å². The number of hydrogen-bond acceptors (Lipinski definition) is 3. The van der Waals surface area contributed by atoms with Crippen LogP contribution in [0.25, 0.3) is 0 Å². The van der Waals surface area contributed by atoms with Crippen molar-refractivity contribution < 1.29 is 9.53 Å². The first-order valence-corrected chi connectivity index (χ1v) is 6.03. The van der Waals surface area contributed by atoms with E-state index >= 15 is 0 Å². The summed E-state index contributed by atoms with van der Waals surface area (Å²) >= 11 is 0. The summed E-state index contributed by atoms with van der Waals surface area (Å²) in [4.78, 5) is 23.1. The van der Waals surface area contributed by atoms with Gasteiger partial charge in [-0.1, -0.05) is 30.3 Å². The quantitative estimate of drug-likeness (QED) is 0.786. The molecule has 2 aromatic rings. The Morgan fingerprint density at radius 1 is 1.21 bits per heavy atom. The van der Waals surface area contributed by atoms with Gasteiger partial charge in [-0.05, 0) is 18.1 Å². The number of aryl methyl sites for hydroxylation is 2. The van der Waals surface area contributed by atoms with Gasteiger partial charge in [-0.15, -0.1) is 0 Å². The van der Waals surface area contributed by atoms with Crippen LogP contribution < -0.4 is 5.56 Å². The highest BCUT2D eigenvalue weighted by Crippen LogP contribution is 2.02. The van der Waals surface area contributed by atoms with Gasteiger partial charge in [-0.3, -0.25) is 4.79 Å². The number of rotatable bonds is 4. The van der Waals surface area contributed by atoms with Crippen molar-refractivity contribution in [3.05, 3.63) is 70.1 Å². The third-order valence-electron chi connectivity index (χ3n) is 2.90. The van der Waals surface area contributed by atoms with Gasteiger partial charge in [-0.2, -0.15) is 0 Å². The van der Waals surface area contributed by atoms with Crippen LogP contribution in [0.15, 0.2) is 53.5 Å². The molecule has 0 aliphatic heterocycles. The fourth-order valence-corrected chi connectivity index (χ4v) is 1.83. The van der Waals surface area contributed by atoms with Crippen LogP contribution in [0.2, 0.25) is 0 Å². The molecule has 0 radical (unpaired) electrons. The summed E-state index contributed by atoms with van der Waals surface area (Å²) in [7, 11) is 1.29. The van der Waals surface area contributed by atoms with E-state index in [0.717, 1.165) is 6.42 Å². The van der Waals surface area contributed by atoms with Crippen molar-refractivity contribution >= 4 is 5.97 Å². The molecule has 0 fully saturated rings. The Morgan fingerprint density at radius 2 is 1.95 bits per heavy atom. The smallest absolute Gasteiger partial charge is 0.338 e. The van der Waals surface area contributed by atoms with Crippen LogP contribution in [0.3, 0.4) is 0 Å². The number of ether oxygens (including phenoxy) is 1. The number of hydrogen-bond donors (Lipinski definition) is 0. The predicted octanol–water partition coefficient (Wildman–Crippen LogP) is 1.88. The molecule has 1 aromatic heterocycles. The monoisotopic (exact) mass is 257 g/mol. The maximum Gasteiger partial charge on any atom is 0.338 e. The average molecular weight is 257 g/mol.